The number of hydrogen-bond donors (Lipinski definition) is 1. The van der Waals surface area contributed by atoms with Crippen LogP contribution in [-0.2, 0) is 19.6 Å². The van der Waals surface area contributed by atoms with Crippen LogP contribution in [0, 0.1) is 0 Å². The number of rotatable bonds is 4. The lowest BCUT2D eigenvalue weighted by atomic mass is 10.0. The molecule has 0 bridgehead atoms. The van der Waals surface area contributed by atoms with Crippen LogP contribution < -0.4 is 5.56 Å². The monoisotopic (exact) mass is 396 g/mol. The van der Waals surface area contributed by atoms with E-state index in [1.165, 1.54) is 11.1 Å². The van der Waals surface area contributed by atoms with E-state index < -0.39 is 5.97 Å². The van der Waals surface area contributed by atoms with E-state index in [2.05, 4.69) is 17.0 Å². The Bertz CT molecular complexity index is 1300. The maximum absolute atomic E-state index is 13.5. The van der Waals surface area contributed by atoms with E-state index in [0.29, 0.717) is 28.7 Å². The van der Waals surface area contributed by atoms with Crippen LogP contribution in [-0.4, -0.2) is 20.5 Å². The summed E-state index contributed by atoms with van der Waals surface area (Å²) < 4.78 is 1.56. The molecule has 30 heavy (non-hydrogen) atoms. The molecule has 2 heterocycles. The number of aromatic nitrogens is 1. The van der Waals surface area contributed by atoms with Crippen molar-refractivity contribution in [3.63, 3.8) is 0 Å². The molecule has 0 saturated carbocycles. The zero-order chi connectivity index (χ0) is 20.7. The Morgan fingerprint density at radius 1 is 0.800 bits per heavy atom. The van der Waals surface area contributed by atoms with Gasteiger partial charge in [-0.3, -0.25) is 14.3 Å². The lowest BCUT2D eigenvalue weighted by Gasteiger charge is -2.22. The van der Waals surface area contributed by atoms with Crippen molar-refractivity contribution in [1.82, 2.24) is 9.47 Å². The Morgan fingerprint density at radius 3 is 2.00 bits per heavy atom. The molecular formula is C25H20N2O3. The SMILES string of the molecule is O=C(O)c1c(CN2Cc3ccccc3C2)n(-c2ccccc2)c(=O)c2ccccc12. The van der Waals surface area contributed by atoms with Gasteiger partial charge < -0.3 is 5.11 Å². The summed E-state index contributed by atoms with van der Waals surface area (Å²) in [5, 5.41) is 11.0. The summed E-state index contributed by atoms with van der Waals surface area (Å²) in [4.78, 5) is 28.0. The van der Waals surface area contributed by atoms with Crippen molar-refractivity contribution < 1.29 is 9.90 Å². The number of carboxylic acid groups (broad SMARTS) is 1. The van der Waals surface area contributed by atoms with E-state index in [1.54, 1.807) is 28.8 Å². The molecule has 0 fully saturated rings. The first-order valence-corrected chi connectivity index (χ1v) is 9.88. The number of carboxylic acids is 1. The highest BCUT2D eigenvalue weighted by molar-refractivity contribution is 6.04. The number of pyridine rings is 1. The molecule has 4 aromatic rings. The highest BCUT2D eigenvalue weighted by Crippen LogP contribution is 2.28. The second-order valence-electron chi connectivity index (χ2n) is 7.56. The molecule has 0 saturated heterocycles. The molecule has 148 valence electrons. The zero-order valence-corrected chi connectivity index (χ0v) is 16.3. The van der Waals surface area contributed by atoms with E-state index in [4.69, 9.17) is 0 Å². The molecule has 0 unspecified atom stereocenters. The van der Waals surface area contributed by atoms with Gasteiger partial charge in [0.15, 0.2) is 0 Å². The Balaban J connectivity index is 1.74. The quantitative estimate of drug-likeness (QED) is 0.561. The van der Waals surface area contributed by atoms with Gasteiger partial charge >= 0.3 is 5.97 Å². The maximum Gasteiger partial charge on any atom is 0.338 e. The lowest BCUT2D eigenvalue weighted by Crippen LogP contribution is -2.29. The molecule has 5 heteroatoms. The van der Waals surface area contributed by atoms with Gasteiger partial charge in [0.2, 0.25) is 0 Å². The summed E-state index contributed by atoms with van der Waals surface area (Å²) >= 11 is 0. The van der Waals surface area contributed by atoms with Crippen molar-refractivity contribution in [2.75, 3.05) is 0 Å². The molecule has 1 aliphatic heterocycles. The van der Waals surface area contributed by atoms with E-state index in [1.807, 2.05) is 42.5 Å². The summed E-state index contributed by atoms with van der Waals surface area (Å²) in [6, 6.07) is 24.4. The molecule has 1 aliphatic rings. The van der Waals surface area contributed by atoms with Gasteiger partial charge in [-0.25, -0.2) is 4.79 Å². The maximum atomic E-state index is 13.5. The molecule has 0 spiro atoms. The van der Waals surface area contributed by atoms with Gasteiger partial charge in [-0.2, -0.15) is 0 Å². The van der Waals surface area contributed by atoms with Crippen molar-refractivity contribution in [2.45, 2.75) is 19.6 Å². The summed E-state index contributed by atoms with van der Waals surface area (Å²) in [6.45, 7) is 1.82. The third-order valence-electron chi connectivity index (χ3n) is 5.70. The van der Waals surface area contributed by atoms with Gasteiger partial charge in [-0.1, -0.05) is 60.7 Å². The minimum Gasteiger partial charge on any atom is -0.478 e. The first-order valence-electron chi connectivity index (χ1n) is 9.88. The fraction of sp³-hybridized carbons (Fsp3) is 0.120. The normalized spacial score (nSPS) is 13.5. The number of nitrogens with zero attached hydrogens (tertiary/aromatic N) is 2. The van der Waals surface area contributed by atoms with Crippen LogP contribution in [0.4, 0.5) is 0 Å². The lowest BCUT2D eigenvalue weighted by molar-refractivity contribution is 0.0695. The van der Waals surface area contributed by atoms with E-state index >= 15 is 0 Å². The van der Waals surface area contributed by atoms with Crippen LogP contribution in [0.2, 0.25) is 0 Å². The molecule has 0 atom stereocenters. The van der Waals surface area contributed by atoms with Gasteiger partial charge in [0.25, 0.3) is 5.56 Å². The second-order valence-corrected chi connectivity index (χ2v) is 7.56. The second kappa shape index (κ2) is 7.28. The summed E-state index contributed by atoms with van der Waals surface area (Å²) in [5.41, 5.74) is 3.64. The minimum atomic E-state index is -1.03. The predicted octanol–water partition coefficient (Wildman–Crippen LogP) is 4.20. The summed E-state index contributed by atoms with van der Waals surface area (Å²) in [5.74, 6) is -1.03. The molecule has 3 aromatic carbocycles. The van der Waals surface area contributed by atoms with E-state index in [-0.39, 0.29) is 11.1 Å². The molecule has 0 aliphatic carbocycles. The third-order valence-corrected chi connectivity index (χ3v) is 5.70. The fourth-order valence-corrected chi connectivity index (χ4v) is 4.36. The average Bonchev–Trinajstić information content (AvgIpc) is 3.17. The predicted molar refractivity (Wildman–Crippen MR) is 116 cm³/mol. The van der Waals surface area contributed by atoms with Crippen LogP contribution in [0.5, 0.6) is 0 Å². The van der Waals surface area contributed by atoms with Crippen LogP contribution in [0.3, 0.4) is 0 Å². The number of aromatic carboxylic acids is 1. The third kappa shape index (κ3) is 3.00. The van der Waals surface area contributed by atoms with Crippen LogP contribution in [0.25, 0.3) is 16.5 Å². The van der Waals surface area contributed by atoms with Crippen molar-refractivity contribution in [3.8, 4) is 5.69 Å². The topological polar surface area (TPSA) is 62.5 Å². The van der Waals surface area contributed by atoms with E-state index in [0.717, 1.165) is 13.1 Å². The van der Waals surface area contributed by atoms with Crippen LogP contribution in [0.1, 0.15) is 27.2 Å². The van der Waals surface area contributed by atoms with Gasteiger partial charge in [0.1, 0.15) is 0 Å². The molecule has 5 nitrogen and oxygen atoms in total. The standard InChI is InChI=1S/C25H20N2O3/c28-24-21-13-7-6-12-20(21)23(25(29)30)22(27(24)19-10-2-1-3-11-19)16-26-14-17-8-4-5-9-18(17)15-26/h1-13H,14-16H2,(H,29,30). The fourth-order valence-electron chi connectivity index (χ4n) is 4.36. The van der Waals surface area contributed by atoms with Crippen molar-refractivity contribution in [1.29, 1.82) is 0 Å². The number of benzene rings is 3. The van der Waals surface area contributed by atoms with Crippen molar-refractivity contribution >= 4 is 16.7 Å². The smallest absolute Gasteiger partial charge is 0.338 e. The minimum absolute atomic E-state index is 0.185. The highest BCUT2D eigenvalue weighted by Gasteiger charge is 2.26. The summed E-state index contributed by atoms with van der Waals surface area (Å²) in [6.07, 6.45) is 0. The Morgan fingerprint density at radius 2 is 1.37 bits per heavy atom. The van der Waals surface area contributed by atoms with Gasteiger partial charge in [-0.15, -0.1) is 0 Å². The molecular weight excluding hydrogens is 376 g/mol. The van der Waals surface area contributed by atoms with Gasteiger partial charge in [0, 0.05) is 36.1 Å². The van der Waals surface area contributed by atoms with Crippen LogP contribution >= 0.6 is 0 Å². The largest absolute Gasteiger partial charge is 0.478 e. The first kappa shape index (κ1) is 18.3. The first-order chi connectivity index (χ1) is 14.6. The molecule has 1 aromatic heterocycles. The Kier molecular flexibility index (Phi) is 4.45. The summed E-state index contributed by atoms with van der Waals surface area (Å²) in [7, 11) is 0. The van der Waals surface area contributed by atoms with Gasteiger partial charge in [0.05, 0.1) is 11.3 Å². The molecule has 0 amide bonds. The number of fused-ring (bicyclic) bond motifs is 2. The zero-order valence-electron chi connectivity index (χ0n) is 16.3. The van der Waals surface area contributed by atoms with Crippen molar-refractivity contribution in [3.05, 3.63) is 112 Å². The highest BCUT2D eigenvalue weighted by atomic mass is 16.4. The number of carbonyl (C=O) groups is 1. The van der Waals surface area contributed by atoms with Crippen LogP contribution in [0.15, 0.2) is 83.7 Å². The van der Waals surface area contributed by atoms with E-state index in [9.17, 15) is 14.7 Å². The molecule has 1 N–H and O–H groups in total. The Labute approximate surface area is 173 Å². The van der Waals surface area contributed by atoms with Gasteiger partial charge in [-0.05, 0) is 29.3 Å². The number of para-hydroxylation sites is 1. The molecule has 5 rings (SSSR count). The van der Waals surface area contributed by atoms with Crippen molar-refractivity contribution in [2.24, 2.45) is 0 Å². The molecule has 0 radical (unpaired) electrons. The Hall–Kier alpha value is -3.70. The average molecular weight is 396 g/mol. The number of hydrogen-bond acceptors (Lipinski definition) is 3.